The Hall–Kier alpha value is -3.46. The molecule has 1 nitrogen and oxygen atoms in total. The van der Waals surface area contributed by atoms with Crippen molar-refractivity contribution in [2.75, 3.05) is 0 Å². The summed E-state index contributed by atoms with van der Waals surface area (Å²) in [4.78, 5) is 2.84. The van der Waals surface area contributed by atoms with E-state index < -0.39 is 5.60 Å². The highest BCUT2D eigenvalue weighted by atomic mass is 32.1. The van der Waals surface area contributed by atoms with Crippen molar-refractivity contribution in [2.24, 2.45) is 0 Å². The van der Waals surface area contributed by atoms with Gasteiger partial charge in [-0.05, 0) is 65.1 Å². The molecule has 0 saturated carbocycles. The van der Waals surface area contributed by atoms with Crippen LogP contribution in [-0.4, -0.2) is 0 Å². The van der Waals surface area contributed by atoms with Crippen molar-refractivity contribution >= 4 is 11.3 Å². The molecule has 0 spiro atoms. The lowest BCUT2D eigenvalue weighted by molar-refractivity contribution is 0.00127. The molecule has 0 N–H and O–H groups in total. The molecule has 1 aliphatic carbocycles. The topological polar surface area (TPSA) is 9.23 Å². The molecule has 2 heteroatoms. The highest BCUT2D eigenvalue weighted by molar-refractivity contribution is 7.12. The van der Waals surface area contributed by atoms with E-state index in [1.807, 2.05) is 11.3 Å². The number of thiophene rings is 1. The van der Waals surface area contributed by atoms with E-state index in [4.69, 9.17) is 4.74 Å². The second kappa shape index (κ2) is 11.7. The smallest absolute Gasteiger partial charge is 0.144 e. The van der Waals surface area contributed by atoms with Crippen molar-refractivity contribution in [3.63, 3.8) is 0 Å². The highest BCUT2D eigenvalue weighted by Crippen LogP contribution is 2.45. The molecule has 0 aliphatic heterocycles. The molecule has 5 aromatic rings. The highest BCUT2D eigenvalue weighted by Gasteiger charge is 2.38. The van der Waals surface area contributed by atoms with Gasteiger partial charge in [0, 0.05) is 15.7 Å². The predicted molar refractivity (Wildman–Crippen MR) is 164 cm³/mol. The van der Waals surface area contributed by atoms with Gasteiger partial charge in [0.05, 0.1) is 6.61 Å². The molecule has 6 rings (SSSR count). The lowest BCUT2D eigenvalue weighted by Crippen LogP contribution is -2.32. The van der Waals surface area contributed by atoms with Crippen LogP contribution in [0.5, 0.6) is 0 Å². The summed E-state index contributed by atoms with van der Waals surface area (Å²) in [5.74, 6) is 0.440. The quantitative estimate of drug-likeness (QED) is 0.173. The Morgan fingerprint density at radius 3 is 1.87 bits per heavy atom. The van der Waals surface area contributed by atoms with E-state index >= 15 is 0 Å². The number of hydrogen-bond donors (Lipinski definition) is 0. The maximum absolute atomic E-state index is 7.30. The second-order valence-corrected chi connectivity index (χ2v) is 11.8. The van der Waals surface area contributed by atoms with Crippen LogP contribution in [-0.2, 0) is 29.8 Å². The molecule has 0 radical (unpaired) electrons. The fraction of sp³-hybridized carbons (Fsp3) is 0.243. The molecule has 0 unspecified atom stereocenters. The summed E-state index contributed by atoms with van der Waals surface area (Å²) in [5.41, 5.74) is 7.23. The van der Waals surface area contributed by atoms with Crippen molar-refractivity contribution < 1.29 is 4.74 Å². The average molecular weight is 529 g/mol. The van der Waals surface area contributed by atoms with Crippen LogP contribution in [0, 0.1) is 0 Å². The second-order valence-electron chi connectivity index (χ2n) is 10.6. The third-order valence-corrected chi connectivity index (χ3v) is 9.28. The fourth-order valence-electron chi connectivity index (χ4n) is 6.30. The van der Waals surface area contributed by atoms with Crippen LogP contribution >= 0.6 is 11.3 Å². The van der Waals surface area contributed by atoms with Crippen LogP contribution in [0.15, 0.2) is 121 Å². The molecule has 4 aromatic carbocycles. The van der Waals surface area contributed by atoms with Gasteiger partial charge in [-0.25, -0.2) is 0 Å². The fourth-order valence-corrected chi connectivity index (χ4v) is 7.54. The predicted octanol–water partition coefficient (Wildman–Crippen LogP) is 9.68. The molecular weight excluding hydrogens is 492 g/mol. The standard InChI is InChI=1S/C37H36OS/c1-2-15-32-26-35(34-25-14-17-28-16-12-13-24-33(28)34)36(39-32)27-38-37(29-18-6-3-7-19-29,30-20-8-4-9-21-30)31-22-10-5-11-23-31/h3-13,16,18-24,26,34H,2,14-15,17,25,27H2,1H3/t34-/m0/s1. The molecule has 1 aromatic heterocycles. The van der Waals surface area contributed by atoms with E-state index in [0.717, 1.165) is 29.5 Å². The zero-order valence-corrected chi connectivity index (χ0v) is 23.5. The van der Waals surface area contributed by atoms with E-state index in [1.165, 1.54) is 45.7 Å². The van der Waals surface area contributed by atoms with Gasteiger partial charge < -0.3 is 4.74 Å². The first kappa shape index (κ1) is 25.8. The molecule has 0 fully saturated rings. The molecule has 196 valence electrons. The first-order valence-corrected chi connectivity index (χ1v) is 15.1. The summed E-state index contributed by atoms with van der Waals surface area (Å²) in [6, 6.07) is 43.7. The maximum atomic E-state index is 7.30. The number of hydrogen-bond acceptors (Lipinski definition) is 2. The van der Waals surface area contributed by atoms with E-state index in [-0.39, 0.29) is 0 Å². The van der Waals surface area contributed by atoms with Gasteiger partial charge in [0.25, 0.3) is 0 Å². The van der Waals surface area contributed by atoms with Gasteiger partial charge in [-0.1, -0.05) is 129 Å². The number of aryl methyl sites for hydroxylation is 2. The van der Waals surface area contributed by atoms with Crippen molar-refractivity contribution in [3.05, 3.63) is 164 Å². The zero-order chi connectivity index (χ0) is 26.5. The molecule has 1 aliphatic rings. The molecule has 0 saturated heterocycles. The summed E-state index contributed by atoms with van der Waals surface area (Å²) in [6.45, 7) is 2.85. The van der Waals surface area contributed by atoms with Crippen LogP contribution < -0.4 is 0 Å². The maximum Gasteiger partial charge on any atom is 0.144 e. The largest absolute Gasteiger partial charge is 0.355 e. The van der Waals surface area contributed by atoms with E-state index in [9.17, 15) is 0 Å². The summed E-state index contributed by atoms with van der Waals surface area (Å²) < 4.78 is 7.30. The Kier molecular flexibility index (Phi) is 7.76. The Labute approximate surface area is 237 Å². The van der Waals surface area contributed by atoms with E-state index in [2.05, 4.69) is 128 Å². The van der Waals surface area contributed by atoms with Gasteiger partial charge in [-0.2, -0.15) is 0 Å². The third kappa shape index (κ3) is 5.12. The molecule has 0 bridgehead atoms. The summed E-state index contributed by atoms with van der Waals surface area (Å²) >= 11 is 1.95. The molecular formula is C37H36OS. The number of ether oxygens (including phenoxy) is 1. The van der Waals surface area contributed by atoms with Gasteiger partial charge in [0.2, 0.25) is 0 Å². The summed E-state index contributed by atoms with van der Waals surface area (Å²) in [7, 11) is 0. The minimum Gasteiger partial charge on any atom is -0.355 e. The lowest BCUT2D eigenvalue weighted by Gasteiger charge is -2.36. The first-order chi connectivity index (χ1) is 19.3. The van der Waals surface area contributed by atoms with Gasteiger partial charge in [0.15, 0.2) is 0 Å². The van der Waals surface area contributed by atoms with Crippen LogP contribution in [0.25, 0.3) is 0 Å². The normalized spacial score (nSPS) is 15.2. The summed E-state index contributed by atoms with van der Waals surface area (Å²) in [5, 5.41) is 0. The molecule has 0 amide bonds. The average Bonchev–Trinajstić information content (AvgIpc) is 3.41. The van der Waals surface area contributed by atoms with Crippen LogP contribution in [0.1, 0.15) is 75.2 Å². The third-order valence-electron chi connectivity index (χ3n) is 8.09. The van der Waals surface area contributed by atoms with Gasteiger partial charge in [-0.3, -0.25) is 0 Å². The van der Waals surface area contributed by atoms with Crippen molar-refractivity contribution in [1.82, 2.24) is 0 Å². The van der Waals surface area contributed by atoms with Crippen LogP contribution in [0.3, 0.4) is 0 Å². The molecule has 1 heterocycles. The number of fused-ring (bicyclic) bond motifs is 1. The monoisotopic (exact) mass is 528 g/mol. The van der Waals surface area contributed by atoms with Gasteiger partial charge >= 0.3 is 0 Å². The van der Waals surface area contributed by atoms with E-state index in [0.29, 0.717) is 12.5 Å². The number of benzene rings is 4. The summed E-state index contributed by atoms with van der Waals surface area (Å²) in [6.07, 6.45) is 5.90. The minimum atomic E-state index is -0.708. The molecule has 1 atom stereocenters. The van der Waals surface area contributed by atoms with Crippen LogP contribution in [0.2, 0.25) is 0 Å². The number of rotatable bonds is 9. The lowest BCUT2D eigenvalue weighted by atomic mass is 9.78. The Bertz CT molecular complexity index is 1390. The van der Waals surface area contributed by atoms with Crippen molar-refractivity contribution in [1.29, 1.82) is 0 Å². The Morgan fingerprint density at radius 1 is 0.718 bits per heavy atom. The zero-order valence-electron chi connectivity index (χ0n) is 22.7. The first-order valence-electron chi connectivity index (χ1n) is 14.3. The van der Waals surface area contributed by atoms with Gasteiger partial charge in [-0.15, -0.1) is 11.3 Å². The SMILES string of the molecule is CCCc1cc([C@H]2CCCc3ccccc32)c(COC(c2ccccc2)(c2ccccc2)c2ccccc2)s1. The Morgan fingerprint density at radius 2 is 1.28 bits per heavy atom. The van der Waals surface area contributed by atoms with Crippen LogP contribution in [0.4, 0.5) is 0 Å². The van der Waals surface area contributed by atoms with Crippen molar-refractivity contribution in [2.45, 2.75) is 57.2 Å². The minimum absolute atomic E-state index is 0.440. The Balaban J connectivity index is 1.46. The van der Waals surface area contributed by atoms with Gasteiger partial charge in [0.1, 0.15) is 5.60 Å². The van der Waals surface area contributed by atoms with E-state index in [1.54, 1.807) is 0 Å². The van der Waals surface area contributed by atoms with Crippen molar-refractivity contribution in [3.8, 4) is 0 Å². The molecule has 39 heavy (non-hydrogen) atoms.